The number of phosphoric ester groups is 1. The monoisotopic (exact) mass is 421 g/mol. The van der Waals surface area contributed by atoms with Crippen LogP contribution in [0.3, 0.4) is 0 Å². The van der Waals surface area contributed by atoms with Crippen LogP contribution in [0.4, 0.5) is 5.95 Å². The Morgan fingerprint density at radius 3 is 2.75 bits per heavy atom. The van der Waals surface area contributed by atoms with Crippen molar-refractivity contribution in [1.82, 2.24) is 19.5 Å². The number of hydrogen-bond donors (Lipinski definition) is 7. The van der Waals surface area contributed by atoms with Gasteiger partial charge < -0.3 is 35.2 Å². The predicted octanol–water partition coefficient (Wildman–Crippen LogP) is -2.66. The summed E-state index contributed by atoms with van der Waals surface area (Å²) in [4.78, 5) is 50.4. The van der Waals surface area contributed by atoms with Gasteiger partial charge in [0.1, 0.15) is 24.9 Å². The standard InChI is InChI=1S/C12H16N5O10P/c18-5(19)1-13-12-15-9-6(10(22)16-12)14-3-17(9)11-8(21)7(20)4(27-11)2-26-28(23,24)25/h3-4,7-8,11,20-21H,1-2H2,(H,18,19)(H2,23,24,25)(H2,13,15,16,22)/t4-,7-,8-,11-/m1/s1. The minimum atomic E-state index is -4.82. The number of carboxylic acid groups (broad SMARTS) is 1. The summed E-state index contributed by atoms with van der Waals surface area (Å²) in [6, 6.07) is 0. The zero-order valence-electron chi connectivity index (χ0n) is 13.9. The molecule has 154 valence electrons. The van der Waals surface area contributed by atoms with Crippen molar-refractivity contribution in [2.24, 2.45) is 0 Å². The molecular weight excluding hydrogens is 405 g/mol. The van der Waals surface area contributed by atoms with Crippen LogP contribution in [0.15, 0.2) is 11.1 Å². The number of carbonyl (C=O) groups is 1. The van der Waals surface area contributed by atoms with E-state index < -0.39 is 57.0 Å². The summed E-state index contributed by atoms with van der Waals surface area (Å²) >= 11 is 0. The molecule has 4 atom stereocenters. The van der Waals surface area contributed by atoms with Crippen LogP contribution < -0.4 is 10.9 Å². The van der Waals surface area contributed by atoms with Gasteiger partial charge in [-0.05, 0) is 0 Å². The van der Waals surface area contributed by atoms with Crippen molar-refractivity contribution in [2.75, 3.05) is 18.5 Å². The maximum atomic E-state index is 12.1. The molecule has 0 aliphatic carbocycles. The number of aliphatic carboxylic acids is 1. The third-order valence-electron chi connectivity index (χ3n) is 3.86. The van der Waals surface area contributed by atoms with Crippen LogP contribution in [0, 0.1) is 0 Å². The van der Waals surface area contributed by atoms with Gasteiger partial charge in [-0.1, -0.05) is 0 Å². The van der Waals surface area contributed by atoms with Gasteiger partial charge in [-0.25, -0.2) is 9.55 Å². The Hall–Kier alpha value is -2.39. The van der Waals surface area contributed by atoms with Gasteiger partial charge in [-0.3, -0.25) is 23.7 Å². The highest BCUT2D eigenvalue weighted by Gasteiger charge is 2.45. The number of ether oxygens (including phenoxy) is 1. The summed E-state index contributed by atoms with van der Waals surface area (Å²) in [5, 5.41) is 31.3. The van der Waals surface area contributed by atoms with Crippen molar-refractivity contribution in [1.29, 1.82) is 0 Å². The minimum Gasteiger partial charge on any atom is -0.480 e. The molecule has 2 aromatic rings. The van der Waals surface area contributed by atoms with Gasteiger partial charge >= 0.3 is 13.8 Å². The zero-order chi connectivity index (χ0) is 20.6. The molecule has 3 heterocycles. The smallest absolute Gasteiger partial charge is 0.469 e. The number of rotatable bonds is 7. The molecule has 1 aliphatic heterocycles. The number of nitrogens with zero attached hydrogens (tertiary/aromatic N) is 3. The van der Waals surface area contributed by atoms with Gasteiger partial charge in [0.25, 0.3) is 5.56 Å². The summed E-state index contributed by atoms with van der Waals surface area (Å²) in [6.45, 7) is -1.23. The van der Waals surface area contributed by atoms with Crippen LogP contribution in [0.1, 0.15) is 6.23 Å². The van der Waals surface area contributed by atoms with Crippen molar-refractivity contribution < 1.29 is 43.7 Å². The van der Waals surface area contributed by atoms with E-state index in [1.54, 1.807) is 0 Å². The SMILES string of the molecule is O=C(O)CNc1nc2c(ncn2[C@@H]2O[C@H](COP(=O)(O)O)[C@@H](O)[C@H]2O)c(=O)[nH]1. The molecule has 0 aromatic carbocycles. The van der Waals surface area contributed by atoms with Gasteiger partial charge in [-0.2, -0.15) is 4.98 Å². The van der Waals surface area contributed by atoms with E-state index in [9.17, 15) is 24.4 Å². The number of nitrogens with one attached hydrogen (secondary N) is 2. The first-order valence-electron chi connectivity index (χ1n) is 7.71. The molecule has 2 aromatic heterocycles. The summed E-state index contributed by atoms with van der Waals surface area (Å²) < 4.78 is 21.6. The van der Waals surface area contributed by atoms with Gasteiger partial charge in [-0.15, -0.1) is 0 Å². The fourth-order valence-corrected chi connectivity index (χ4v) is 2.96. The molecule has 0 unspecified atom stereocenters. The Balaban J connectivity index is 1.89. The average molecular weight is 421 g/mol. The first-order chi connectivity index (χ1) is 13.1. The maximum Gasteiger partial charge on any atom is 0.469 e. The van der Waals surface area contributed by atoms with Crippen LogP contribution in [-0.2, 0) is 18.6 Å². The second kappa shape index (κ2) is 7.56. The van der Waals surface area contributed by atoms with Crippen molar-refractivity contribution in [2.45, 2.75) is 24.5 Å². The van der Waals surface area contributed by atoms with Crippen molar-refractivity contribution in [3.8, 4) is 0 Å². The van der Waals surface area contributed by atoms with E-state index in [1.165, 1.54) is 0 Å². The molecule has 0 bridgehead atoms. The molecule has 0 radical (unpaired) electrons. The highest BCUT2D eigenvalue weighted by atomic mass is 31.2. The van der Waals surface area contributed by atoms with E-state index in [0.29, 0.717) is 0 Å². The molecule has 0 saturated carbocycles. The normalized spacial score (nSPS) is 25.3. The number of anilines is 1. The number of phosphoric acid groups is 1. The van der Waals surface area contributed by atoms with Crippen molar-refractivity contribution in [3.63, 3.8) is 0 Å². The fraction of sp³-hybridized carbons (Fsp3) is 0.500. The lowest BCUT2D eigenvalue weighted by Gasteiger charge is -2.16. The fourth-order valence-electron chi connectivity index (χ4n) is 2.62. The predicted molar refractivity (Wildman–Crippen MR) is 88.2 cm³/mol. The number of imidazole rings is 1. The lowest BCUT2D eigenvalue weighted by molar-refractivity contribution is -0.134. The molecule has 0 amide bonds. The number of hydrogen-bond acceptors (Lipinski definition) is 10. The second-order valence-corrected chi connectivity index (χ2v) is 7.06. The molecule has 15 nitrogen and oxygen atoms in total. The minimum absolute atomic E-state index is 0.0792. The number of aromatic nitrogens is 4. The number of H-pyrrole nitrogens is 1. The molecule has 0 spiro atoms. The van der Waals surface area contributed by atoms with E-state index in [2.05, 4.69) is 24.8 Å². The van der Waals surface area contributed by atoms with Crippen molar-refractivity contribution >= 4 is 30.9 Å². The number of carboxylic acids is 1. The summed E-state index contributed by atoms with van der Waals surface area (Å²) in [5.74, 6) is -1.36. The maximum absolute atomic E-state index is 12.1. The summed E-state index contributed by atoms with van der Waals surface area (Å²) in [6.07, 6.45) is -4.58. The molecule has 7 N–H and O–H groups in total. The van der Waals surface area contributed by atoms with Gasteiger partial charge in [0.05, 0.1) is 12.9 Å². The second-order valence-electron chi connectivity index (χ2n) is 5.82. The van der Waals surface area contributed by atoms with Crippen LogP contribution >= 0.6 is 7.82 Å². The quantitative estimate of drug-likeness (QED) is 0.227. The largest absolute Gasteiger partial charge is 0.480 e. The molecular formula is C12H16N5O10P. The highest BCUT2D eigenvalue weighted by molar-refractivity contribution is 7.46. The first kappa shape index (κ1) is 20.3. The lowest BCUT2D eigenvalue weighted by atomic mass is 10.1. The Morgan fingerprint density at radius 2 is 2.11 bits per heavy atom. The number of aromatic amines is 1. The third kappa shape index (κ3) is 4.20. The third-order valence-corrected chi connectivity index (χ3v) is 4.34. The molecule has 16 heteroatoms. The average Bonchev–Trinajstić information content (AvgIpc) is 3.13. The molecule has 28 heavy (non-hydrogen) atoms. The number of fused-ring (bicyclic) bond motifs is 1. The van der Waals surface area contributed by atoms with Crippen LogP contribution in [0.2, 0.25) is 0 Å². The van der Waals surface area contributed by atoms with E-state index in [-0.39, 0.29) is 17.1 Å². The van der Waals surface area contributed by atoms with Gasteiger partial charge in [0, 0.05) is 0 Å². The number of aliphatic hydroxyl groups is 2. The Bertz CT molecular complexity index is 985. The highest BCUT2D eigenvalue weighted by Crippen LogP contribution is 2.38. The van der Waals surface area contributed by atoms with Crippen LogP contribution in [0.25, 0.3) is 11.2 Å². The molecule has 1 fully saturated rings. The van der Waals surface area contributed by atoms with Crippen LogP contribution in [0.5, 0.6) is 0 Å². The van der Waals surface area contributed by atoms with Gasteiger partial charge in [0.2, 0.25) is 5.95 Å². The molecule has 1 saturated heterocycles. The van der Waals surface area contributed by atoms with E-state index in [1.807, 2.05) is 0 Å². The summed E-state index contributed by atoms with van der Waals surface area (Å²) in [5.41, 5.74) is -0.906. The molecule has 1 aliphatic rings. The van der Waals surface area contributed by atoms with Crippen molar-refractivity contribution in [3.05, 3.63) is 16.7 Å². The van der Waals surface area contributed by atoms with E-state index in [4.69, 9.17) is 19.6 Å². The Kier molecular flexibility index (Phi) is 5.49. The molecule has 3 rings (SSSR count). The zero-order valence-corrected chi connectivity index (χ0v) is 14.8. The number of aliphatic hydroxyl groups excluding tert-OH is 2. The van der Waals surface area contributed by atoms with E-state index in [0.717, 1.165) is 10.9 Å². The lowest BCUT2D eigenvalue weighted by Crippen LogP contribution is -2.33. The Labute approximate surface area is 154 Å². The van der Waals surface area contributed by atoms with Gasteiger partial charge in [0.15, 0.2) is 17.4 Å². The topological polar surface area (TPSA) is 229 Å². The summed E-state index contributed by atoms with van der Waals surface area (Å²) in [7, 11) is -4.82. The first-order valence-corrected chi connectivity index (χ1v) is 9.24. The van der Waals surface area contributed by atoms with E-state index >= 15 is 0 Å². The van der Waals surface area contributed by atoms with Crippen LogP contribution in [-0.4, -0.2) is 82.1 Å². The Morgan fingerprint density at radius 1 is 1.39 bits per heavy atom.